The number of carbonyl (C=O) groups is 1. The van der Waals surface area contributed by atoms with Crippen LogP contribution in [0.4, 0.5) is 0 Å². The van der Waals surface area contributed by atoms with E-state index in [1.165, 1.54) is 0 Å². The van der Waals surface area contributed by atoms with Gasteiger partial charge >= 0.3 is 0 Å². The summed E-state index contributed by atoms with van der Waals surface area (Å²) in [5.74, 6) is 0.429. The molecule has 1 atom stereocenters. The fraction of sp³-hybridized carbons (Fsp3) is 0.450. The summed E-state index contributed by atoms with van der Waals surface area (Å²) in [6.07, 6.45) is 10.4. The number of amides is 1. The van der Waals surface area contributed by atoms with Crippen LogP contribution < -0.4 is 5.56 Å². The van der Waals surface area contributed by atoms with Gasteiger partial charge in [-0.2, -0.15) is 0 Å². The number of piperidine rings is 1. The molecule has 1 aliphatic heterocycles. The van der Waals surface area contributed by atoms with E-state index in [1.54, 1.807) is 10.9 Å². The van der Waals surface area contributed by atoms with Crippen molar-refractivity contribution in [3.8, 4) is 0 Å². The fourth-order valence-electron chi connectivity index (χ4n) is 3.98. The molecule has 1 unspecified atom stereocenters. The molecule has 2 heterocycles. The molecule has 1 aromatic heterocycles. The molecule has 4 rings (SSSR count). The van der Waals surface area contributed by atoms with Gasteiger partial charge in [0.1, 0.15) is 0 Å². The van der Waals surface area contributed by atoms with E-state index >= 15 is 0 Å². The number of carbonyl (C=O) groups excluding carboxylic acids is 1. The lowest BCUT2D eigenvalue weighted by atomic mass is 9.92. The predicted molar refractivity (Wildman–Crippen MR) is 97.3 cm³/mol. The molecular weight excluding hydrogens is 314 g/mol. The lowest BCUT2D eigenvalue weighted by Crippen LogP contribution is -2.43. The molecule has 0 bridgehead atoms. The first-order valence-electron chi connectivity index (χ1n) is 9.13. The third-order valence-corrected chi connectivity index (χ3v) is 5.48. The standard InChI is InChI=1S/C20H23N3O2/c24-19(15-6-2-1-3-7-15)22-12-10-16(11-13-22)23-14-21-18-9-5-4-8-17(18)20(23)25/h1-2,4-5,8-9,14-16H,3,6-7,10-13H2. The highest BCUT2D eigenvalue weighted by Gasteiger charge is 2.29. The minimum Gasteiger partial charge on any atom is -0.342 e. The first-order valence-corrected chi connectivity index (χ1v) is 9.13. The van der Waals surface area contributed by atoms with Crippen LogP contribution in [0.15, 0.2) is 47.5 Å². The monoisotopic (exact) mass is 337 g/mol. The highest BCUT2D eigenvalue weighted by Crippen LogP contribution is 2.26. The Hall–Kier alpha value is -2.43. The van der Waals surface area contributed by atoms with Crippen LogP contribution in [0, 0.1) is 5.92 Å². The predicted octanol–water partition coefficient (Wildman–Crippen LogP) is 2.92. The van der Waals surface area contributed by atoms with Crippen LogP contribution in [0.2, 0.25) is 0 Å². The van der Waals surface area contributed by atoms with E-state index in [0.29, 0.717) is 5.39 Å². The number of rotatable bonds is 2. The number of aromatic nitrogens is 2. The Balaban J connectivity index is 1.47. The van der Waals surface area contributed by atoms with Crippen molar-refractivity contribution in [3.63, 3.8) is 0 Å². The number of likely N-dealkylation sites (tertiary alicyclic amines) is 1. The molecule has 0 saturated carbocycles. The van der Waals surface area contributed by atoms with Gasteiger partial charge in [0.25, 0.3) is 5.56 Å². The molecule has 0 spiro atoms. The summed E-state index contributed by atoms with van der Waals surface area (Å²) in [5, 5.41) is 0.664. The molecular formula is C20H23N3O2. The van der Waals surface area contributed by atoms with E-state index < -0.39 is 0 Å². The molecule has 1 amide bonds. The first kappa shape index (κ1) is 16.1. The molecule has 5 nitrogen and oxygen atoms in total. The van der Waals surface area contributed by atoms with Gasteiger partial charge in [-0.25, -0.2) is 4.98 Å². The summed E-state index contributed by atoms with van der Waals surface area (Å²) in [6, 6.07) is 7.58. The Morgan fingerprint density at radius 2 is 1.88 bits per heavy atom. The fourth-order valence-corrected chi connectivity index (χ4v) is 3.98. The third kappa shape index (κ3) is 3.11. The summed E-state index contributed by atoms with van der Waals surface area (Å²) in [7, 11) is 0. The quantitative estimate of drug-likeness (QED) is 0.792. The van der Waals surface area contributed by atoms with Gasteiger partial charge < -0.3 is 4.90 Å². The molecule has 5 heteroatoms. The second kappa shape index (κ2) is 6.82. The number of fused-ring (bicyclic) bond motifs is 1. The molecule has 2 aliphatic rings. The van der Waals surface area contributed by atoms with Gasteiger partial charge in [0, 0.05) is 25.0 Å². The van der Waals surface area contributed by atoms with Crippen molar-refractivity contribution in [3.05, 3.63) is 53.1 Å². The van der Waals surface area contributed by atoms with Crippen molar-refractivity contribution in [1.82, 2.24) is 14.5 Å². The normalized spacial score (nSPS) is 21.6. The average Bonchev–Trinajstić information content (AvgIpc) is 2.69. The zero-order valence-electron chi connectivity index (χ0n) is 14.3. The van der Waals surface area contributed by atoms with Crippen LogP contribution in [0.1, 0.15) is 38.1 Å². The molecule has 0 N–H and O–H groups in total. The zero-order chi connectivity index (χ0) is 17.2. The summed E-state index contributed by atoms with van der Waals surface area (Å²) in [6.45, 7) is 1.45. The average molecular weight is 337 g/mol. The number of benzene rings is 1. The van der Waals surface area contributed by atoms with Gasteiger partial charge in [-0.3, -0.25) is 14.2 Å². The maximum Gasteiger partial charge on any atom is 0.261 e. The Morgan fingerprint density at radius 3 is 2.64 bits per heavy atom. The molecule has 130 valence electrons. The van der Waals surface area contributed by atoms with E-state index in [9.17, 15) is 9.59 Å². The summed E-state index contributed by atoms with van der Waals surface area (Å²) in [4.78, 5) is 31.8. The summed E-state index contributed by atoms with van der Waals surface area (Å²) < 4.78 is 1.76. The maximum atomic E-state index is 12.7. The number of nitrogens with zero attached hydrogens (tertiary/aromatic N) is 3. The van der Waals surface area contributed by atoms with Crippen molar-refractivity contribution >= 4 is 16.8 Å². The zero-order valence-corrected chi connectivity index (χ0v) is 14.3. The number of para-hydroxylation sites is 1. The number of hydrogen-bond acceptors (Lipinski definition) is 3. The first-order chi connectivity index (χ1) is 12.2. The Morgan fingerprint density at radius 1 is 1.08 bits per heavy atom. The van der Waals surface area contributed by atoms with Crippen LogP contribution in [-0.2, 0) is 4.79 Å². The third-order valence-electron chi connectivity index (χ3n) is 5.48. The number of allylic oxidation sites excluding steroid dienone is 2. The van der Waals surface area contributed by atoms with E-state index in [2.05, 4.69) is 17.1 Å². The van der Waals surface area contributed by atoms with E-state index in [1.807, 2.05) is 29.2 Å². The van der Waals surface area contributed by atoms with Crippen LogP contribution >= 0.6 is 0 Å². The van der Waals surface area contributed by atoms with Crippen LogP contribution in [-0.4, -0.2) is 33.4 Å². The van der Waals surface area contributed by atoms with Gasteiger partial charge in [0.2, 0.25) is 5.91 Å². The van der Waals surface area contributed by atoms with Crippen molar-refractivity contribution < 1.29 is 4.79 Å². The largest absolute Gasteiger partial charge is 0.342 e. The number of hydrogen-bond donors (Lipinski definition) is 0. The van der Waals surface area contributed by atoms with Gasteiger partial charge in [-0.15, -0.1) is 0 Å². The molecule has 2 aromatic rings. The SMILES string of the molecule is O=C(C1CC=CCC1)N1CCC(n2cnc3ccccc3c2=O)CC1. The minimum absolute atomic E-state index is 0.0211. The second-order valence-electron chi connectivity index (χ2n) is 7.01. The van der Waals surface area contributed by atoms with E-state index in [0.717, 1.165) is 50.7 Å². The Bertz CT molecular complexity index is 863. The highest BCUT2D eigenvalue weighted by molar-refractivity contribution is 5.79. The Kier molecular flexibility index (Phi) is 4.38. The summed E-state index contributed by atoms with van der Waals surface area (Å²) in [5.41, 5.74) is 0.759. The maximum absolute atomic E-state index is 12.7. The van der Waals surface area contributed by atoms with Crippen molar-refractivity contribution in [2.24, 2.45) is 5.92 Å². The minimum atomic E-state index is 0.0211. The Labute approximate surface area is 147 Å². The van der Waals surface area contributed by atoms with Crippen molar-refractivity contribution in [2.45, 2.75) is 38.1 Å². The van der Waals surface area contributed by atoms with Crippen molar-refractivity contribution in [2.75, 3.05) is 13.1 Å². The molecule has 0 radical (unpaired) electrons. The molecule has 1 fully saturated rings. The smallest absolute Gasteiger partial charge is 0.261 e. The van der Waals surface area contributed by atoms with Gasteiger partial charge in [0.15, 0.2) is 0 Å². The van der Waals surface area contributed by atoms with E-state index in [-0.39, 0.29) is 23.4 Å². The van der Waals surface area contributed by atoms with Crippen LogP contribution in [0.3, 0.4) is 0 Å². The van der Waals surface area contributed by atoms with Crippen LogP contribution in [0.25, 0.3) is 10.9 Å². The molecule has 1 aliphatic carbocycles. The van der Waals surface area contributed by atoms with Crippen LogP contribution in [0.5, 0.6) is 0 Å². The lowest BCUT2D eigenvalue weighted by Gasteiger charge is -2.35. The van der Waals surface area contributed by atoms with Gasteiger partial charge in [-0.05, 0) is 44.2 Å². The highest BCUT2D eigenvalue weighted by atomic mass is 16.2. The van der Waals surface area contributed by atoms with E-state index in [4.69, 9.17) is 0 Å². The molecule has 25 heavy (non-hydrogen) atoms. The summed E-state index contributed by atoms with van der Waals surface area (Å²) >= 11 is 0. The van der Waals surface area contributed by atoms with Gasteiger partial charge in [-0.1, -0.05) is 24.3 Å². The lowest BCUT2D eigenvalue weighted by molar-refractivity contribution is -0.137. The van der Waals surface area contributed by atoms with Gasteiger partial charge in [0.05, 0.1) is 17.2 Å². The second-order valence-corrected chi connectivity index (χ2v) is 7.01. The topological polar surface area (TPSA) is 55.2 Å². The molecule has 1 aromatic carbocycles. The molecule has 1 saturated heterocycles. The van der Waals surface area contributed by atoms with Crippen molar-refractivity contribution in [1.29, 1.82) is 0 Å².